The van der Waals surface area contributed by atoms with Crippen molar-refractivity contribution in [3.05, 3.63) is 53.1 Å². The van der Waals surface area contributed by atoms with Gasteiger partial charge < -0.3 is 19.9 Å². The minimum absolute atomic E-state index is 0.155. The van der Waals surface area contributed by atoms with E-state index in [-0.39, 0.29) is 11.5 Å². The number of aryl methyl sites for hydroxylation is 1. The van der Waals surface area contributed by atoms with Crippen LogP contribution in [-0.2, 0) is 0 Å². The van der Waals surface area contributed by atoms with Crippen LogP contribution in [0.25, 0.3) is 0 Å². The van der Waals surface area contributed by atoms with Gasteiger partial charge in [-0.2, -0.15) is 0 Å². The van der Waals surface area contributed by atoms with Gasteiger partial charge in [-0.3, -0.25) is 4.79 Å². The van der Waals surface area contributed by atoms with Gasteiger partial charge in [0.25, 0.3) is 5.91 Å². The first kappa shape index (κ1) is 17.8. The van der Waals surface area contributed by atoms with Crippen LogP contribution in [-0.4, -0.2) is 30.7 Å². The molecule has 1 saturated carbocycles. The number of carboxylic acids is 1. The Balaban J connectivity index is 1.82. The Bertz CT molecular complexity index is 842. The SMILES string of the molecule is COc1ccc(C(=O)Nc2ccc(C)c(C(=O)O)c2)c(OCC2CC2)c1. The number of aromatic carboxylic acids is 1. The summed E-state index contributed by atoms with van der Waals surface area (Å²) < 4.78 is 11.0. The molecule has 0 radical (unpaired) electrons. The Kier molecular flexibility index (Phi) is 5.11. The summed E-state index contributed by atoms with van der Waals surface area (Å²) in [5.41, 5.74) is 1.59. The monoisotopic (exact) mass is 355 g/mol. The van der Waals surface area contributed by atoms with Crippen molar-refractivity contribution < 1.29 is 24.2 Å². The molecule has 0 spiro atoms. The summed E-state index contributed by atoms with van der Waals surface area (Å²) in [4.78, 5) is 23.9. The smallest absolute Gasteiger partial charge is 0.336 e. The highest BCUT2D eigenvalue weighted by Crippen LogP contribution is 2.32. The molecule has 26 heavy (non-hydrogen) atoms. The number of ether oxygens (including phenoxy) is 2. The van der Waals surface area contributed by atoms with Gasteiger partial charge in [0.15, 0.2) is 0 Å². The maximum atomic E-state index is 12.7. The number of hydrogen-bond donors (Lipinski definition) is 2. The number of carboxylic acid groups (broad SMARTS) is 1. The van der Waals surface area contributed by atoms with Gasteiger partial charge in [0, 0.05) is 11.8 Å². The van der Waals surface area contributed by atoms with E-state index in [1.54, 1.807) is 44.4 Å². The van der Waals surface area contributed by atoms with E-state index >= 15 is 0 Å². The summed E-state index contributed by atoms with van der Waals surface area (Å²) >= 11 is 0. The van der Waals surface area contributed by atoms with Crippen LogP contribution in [0.3, 0.4) is 0 Å². The average Bonchev–Trinajstić information content (AvgIpc) is 3.45. The highest BCUT2D eigenvalue weighted by atomic mass is 16.5. The number of anilines is 1. The Labute approximate surface area is 151 Å². The molecule has 6 heteroatoms. The van der Waals surface area contributed by atoms with Crippen molar-refractivity contribution in [1.29, 1.82) is 0 Å². The molecule has 0 atom stereocenters. The lowest BCUT2D eigenvalue weighted by Gasteiger charge is -2.13. The van der Waals surface area contributed by atoms with Crippen LogP contribution in [0.4, 0.5) is 5.69 Å². The molecular weight excluding hydrogens is 334 g/mol. The molecule has 6 nitrogen and oxygen atoms in total. The van der Waals surface area contributed by atoms with Gasteiger partial charge in [0.1, 0.15) is 11.5 Å². The highest BCUT2D eigenvalue weighted by molar-refractivity contribution is 6.06. The first-order chi connectivity index (χ1) is 12.5. The van der Waals surface area contributed by atoms with E-state index < -0.39 is 5.97 Å². The molecule has 136 valence electrons. The van der Waals surface area contributed by atoms with Crippen LogP contribution in [0, 0.1) is 12.8 Å². The number of carbonyl (C=O) groups excluding carboxylic acids is 1. The highest BCUT2D eigenvalue weighted by Gasteiger charge is 2.23. The van der Waals surface area contributed by atoms with Crippen LogP contribution in [0.2, 0.25) is 0 Å². The minimum atomic E-state index is -1.03. The second-order valence-corrected chi connectivity index (χ2v) is 6.41. The summed E-state index contributed by atoms with van der Waals surface area (Å²) in [6.07, 6.45) is 2.29. The van der Waals surface area contributed by atoms with E-state index in [1.807, 2.05) is 0 Å². The van der Waals surface area contributed by atoms with Crippen molar-refractivity contribution >= 4 is 17.6 Å². The zero-order valence-electron chi connectivity index (χ0n) is 14.7. The second-order valence-electron chi connectivity index (χ2n) is 6.41. The van der Waals surface area contributed by atoms with Crippen molar-refractivity contribution in [2.24, 2.45) is 5.92 Å². The summed E-state index contributed by atoms with van der Waals surface area (Å²) in [6.45, 7) is 2.28. The molecule has 0 unspecified atom stereocenters. The third-order valence-electron chi connectivity index (χ3n) is 4.33. The zero-order valence-corrected chi connectivity index (χ0v) is 14.7. The van der Waals surface area contributed by atoms with E-state index in [1.165, 1.54) is 6.07 Å². The number of methoxy groups -OCH3 is 1. The molecule has 1 aliphatic carbocycles. The molecular formula is C20H21NO5. The summed E-state index contributed by atoms with van der Waals surface area (Å²) in [7, 11) is 1.56. The van der Waals surface area contributed by atoms with Gasteiger partial charge in [-0.05, 0) is 55.5 Å². The third-order valence-corrected chi connectivity index (χ3v) is 4.33. The minimum Gasteiger partial charge on any atom is -0.497 e. The number of rotatable bonds is 7. The van der Waals surface area contributed by atoms with E-state index in [2.05, 4.69) is 5.32 Å². The Hall–Kier alpha value is -3.02. The van der Waals surface area contributed by atoms with E-state index in [9.17, 15) is 14.7 Å². The van der Waals surface area contributed by atoms with Gasteiger partial charge >= 0.3 is 5.97 Å². The van der Waals surface area contributed by atoms with Crippen LogP contribution >= 0.6 is 0 Å². The first-order valence-electron chi connectivity index (χ1n) is 8.44. The van der Waals surface area contributed by atoms with Crippen molar-refractivity contribution in [2.45, 2.75) is 19.8 Å². The summed E-state index contributed by atoms with van der Waals surface area (Å²) in [6, 6.07) is 9.81. The Morgan fingerprint density at radius 2 is 1.92 bits per heavy atom. The van der Waals surface area contributed by atoms with E-state index in [0.29, 0.717) is 40.8 Å². The zero-order chi connectivity index (χ0) is 18.7. The molecule has 2 aromatic carbocycles. The molecule has 2 aromatic rings. The molecule has 1 aliphatic rings. The van der Waals surface area contributed by atoms with Crippen LogP contribution in [0.5, 0.6) is 11.5 Å². The predicted molar refractivity (Wildman–Crippen MR) is 97.3 cm³/mol. The lowest BCUT2D eigenvalue weighted by molar-refractivity contribution is 0.0695. The third kappa shape index (κ3) is 4.14. The van der Waals surface area contributed by atoms with Crippen molar-refractivity contribution in [2.75, 3.05) is 19.0 Å². The Morgan fingerprint density at radius 1 is 1.15 bits per heavy atom. The van der Waals surface area contributed by atoms with Crippen molar-refractivity contribution in [1.82, 2.24) is 0 Å². The number of hydrogen-bond acceptors (Lipinski definition) is 4. The van der Waals surface area contributed by atoms with Crippen molar-refractivity contribution in [3.63, 3.8) is 0 Å². The summed E-state index contributed by atoms with van der Waals surface area (Å²) in [5, 5.41) is 12.0. The molecule has 2 N–H and O–H groups in total. The average molecular weight is 355 g/mol. The van der Waals surface area contributed by atoms with Gasteiger partial charge in [0.2, 0.25) is 0 Å². The maximum absolute atomic E-state index is 12.7. The van der Waals surface area contributed by atoms with Crippen LogP contribution < -0.4 is 14.8 Å². The normalized spacial score (nSPS) is 13.2. The molecule has 0 heterocycles. The topological polar surface area (TPSA) is 84.9 Å². The number of benzene rings is 2. The fourth-order valence-electron chi connectivity index (χ4n) is 2.56. The molecule has 1 fully saturated rings. The van der Waals surface area contributed by atoms with Gasteiger partial charge in [-0.25, -0.2) is 4.79 Å². The lowest BCUT2D eigenvalue weighted by Crippen LogP contribution is -2.15. The number of amides is 1. The second kappa shape index (κ2) is 7.47. The van der Waals surface area contributed by atoms with Gasteiger partial charge in [-0.15, -0.1) is 0 Å². The van der Waals surface area contributed by atoms with Gasteiger partial charge in [0.05, 0.1) is 24.8 Å². The molecule has 0 bridgehead atoms. The molecule has 0 aliphatic heterocycles. The number of carbonyl (C=O) groups is 2. The molecule has 0 saturated heterocycles. The number of nitrogens with one attached hydrogen (secondary N) is 1. The maximum Gasteiger partial charge on any atom is 0.336 e. The largest absolute Gasteiger partial charge is 0.497 e. The molecule has 1 amide bonds. The van der Waals surface area contributed by atoms with Crippen molar-refractivity contribution in [3.8, 4) is 11.5 Å². The Morgan fingerprint density at radius 3 is 2.58 bits per heavy atom. The summed E-state index contributed by atoms with van der Waals surface area (Å²) in [5.74, 6) is 0.220. The fraction of sp³-hybridized carbons (Fsp3) is 0.300. The van der Waals surface area contributed by atoms with E-state index in [0.717, 1.165) is 12.8 Å². The standard InChI is InChI=1S/C20H21NO5/c1-12-3-6-14(9-17(12)20(23)24)21-19(22)16-8-7-15(25-2)10-18(16)26-11-13-4-5-13/h3,6-10,13H,4-5,11H2,1-2H3,(H,21,22)(H,23,24). The molecule has 3 rings (SSSR count). The quantitative estimate of drug-likeness (QED) is 0.790. The van der Waals surface area contributed by atoms with Crippen LogP contribution in [0.1, 0.15) is 39.1 Å². The van der Waals surface area contributed by atoms with Gasteiger partial charge in [-0.1, -0.05) is 6.07 Å². The predicted octanol–water partition coefficient (Wildman–Crippen LogP) is 3.74. The lowest BCUT2D eigenvalue weighted by atomic mass is 10.1. The van der Waals surface area contributed by atoms with E-state index in [4.69, 9.17) is 9.47 Å². The van der Waals surface area contributed by atoms with Crippen LogP contribution in [0.15, 0.2) is 36.4 Å². The fourth-order valence-corrected chi connectivity index (χ4v) is 2.56. The molecule has 0 aromatic heterocycles. The first-order valence-corrected chi connectivity index (χ1v) is 8.44.